The molecule has 0 radical (unpaired) electrons. The largest absolute Gasteiger partial charge is 0.372 e. The van der Waals surface area contributed by atoms with Gasteiger partial charge in [-0.15, -0.1) is 0 Å². The zero-order valence-electron chi connectivity index (χ0n) is 16.3. The molecule has 2 amide bonds. The minimum Gasteiger partial charge on any atom is -0.372 e. The van der Waals surface area contributed by atoms with Crippen molar-refractivity contribution in [2.45, 2.75) is 33.1 Å². The Morgan fingerprint density at radius 2 is 1.64 bits per heavy atom. The molecule has 0 bridgehead atoms. The van der Waals surface area contributed by atoms with Gasteiger partial charge in [-0.1, -0.05) is 0 Å². The van der Waals surface area contributed by atoms with E-state index in [0.29, 0.717) is 12.5 Å². The summed E-state index contributed by atoms with van der Waals surface area (Å²) in [6.45, 7) is 6.27. The molecule has 0 aliphatic carbocycles. The summed E-state index contributed by atoms with van der Waals surface area (Å²) in [5.41, 5.74) is 3.62. The van der Waals surface area contributed by atoms with Gasteiger partial charge in [0.25, 0.3) is 0 Å². The molecule has 28 heavy (non-hydrogen) atoms. The number of aromatic nitrogens is 2. The van der Waals surface area contributed by atoms with E-state index in [-0.39, 0.29) is 18.2 Å². The summed E-state index contributed by atoms with van der Waals surface area (Å²) in [6, 6.07) is 9.91. The molecule has 0 spiro atoms. The highest BCUT2D eigenvalue weighted by atomic mass is 16.2. The summed E-state index contributed by atoms with van der Waals surface area (Å²) < 4.78 is 0. The Hall–Kier alpha value is -2.96. The molecule has 1 aromatic heterocycles. The van der Waals surface area contributed by atoms with Crippen molar-refractivity contribution >= 4 is 29.1 Å². The summed E-state index contributed by atoms with van der Waals surface area (Å²) in [5.74, 6) is -0.358. The number of rotatable bonds is 4. The van der Waals surface area contributed by atoms with Crippen LogP contribution in [0.3, 0.4) is 0 Å². The fraction of sp³-hybridized carbons (Fsp3) is 0.429. The zero-order valence-corrected chi connectivity index (χ0v) is 16.3. The second-order valence-corrected chi connectivity index (χ2v) is 7.58. The summed E-state index contributed by atoms with van der Waals surface area (Å²) >= 11 is 0. The van der Waals surface area contributed by atoms with Crippen molar-refractivity contribution in [1.82, 2.24) is 9.97 Å². The van der Waals surface area contributed by atoms with Crippen LogP contribution in [0.25, 0.3) is 0 Å². The van der Waals surface area contributed by atoms with Crippen LogP contribution in [0.4, 0.5) is 17.3 Å². The fourth-order valence-electron chi connectivity index (χ4n) is 3.95. The number of benzene rings is 1. The molecule has 3 heterocycles. The molecule has 7 nitrogen and oxygen atoms in total. The minimum absolute atomic E-state index is 0.0320. The third kappa shape index (κ3) is 3.83. The molecule has 2 aliphatic rings. The van der Waals surface area contributed by atoms with Crippen molar-refractivity contribution < 1.29 is 9.59 Å². The Morgan fingerprint density at radius 1 is 1.04 bits per heavy atom. The maximum atomic E-state index is 12.6. The molecular formula is C21H25N5O2. The monoisotopic (exact) mass is 379 g/mol. The fourth-order valence-corrected chi connectivity index (χ4v) is 3.95. The lowest BCUT2D eigenvalue weighted by molar-refractivity contribution is -0.122. The third-order valence-corrected chi connectivity index (χ3v) is 5.35. The number of anilines is 3. The van der Waals surface area contributed by atoms with Gasteiger partial charge in [0.05, 0.1) is 5.92 Å². The van der Waals surface area contributed by atoms with E-state index in [1.807, 2.05) is 32.0 Å². The minimum atomic E-state index is -0.407. The molecule has 2 fully saturated rings. The second-order valence-electron chi connectivity index (χ2n) is 7.58. The number of nitrogens with zero attached hydrogens (tertiary/aromatic N) is 4. The number of hydrogen-bond donors (Lipinski definition) is 1. The highest BCUT2D eigenvalue weighted by molar-refractivity contribution is 6.03. The van der Waals surface area contributed by atoms with Gasteiger partial charge in [0.15, 0.2) is 0 Å². The average Bonchev–Trinajstić information content (AvgIpc) is 3.31. The van der Waals surface area contributed by atoms with Crippen LogP contribution in [0, 0.1) is 19.8 Å². The van der Waals surface area contributed by atoms with E-state index in [4.69, 9.17) is 0 Å². The van der Waals surface area contributed by atoms with Crippen molar-refractivity contribution in [3.63, 3.8) is 0 Å². The van der Waals surface area contributed by atoms with Crippen LogP contribution >= 0.6 is 0 Å². The number of hydrogen-bond acceptors (Lipinski definition) is 5. The molecule has 2 saturated heterocycles. The molecule has 0 saturated carbocycles. The summed E-state index contributed by atoms with van der Waals surface area (Å²) in [4.78, 5) is 37.6. The average molecular weight is 379 g/mol. The van der Waals surface area contributed by atoms with Crippen LogP contribution < -0.4 is 15.1 Å². The lowest BCUT2D eigenvalue weighted by Gasteiger charge is -2.20. The number of carbonyl (C=O) groups is 2. The number of amides is 2. The topological polar surface area (TPSA) is 78.4 Å². The molecule has 1 atom stereocenters. The number of nitrogens with one attached hydrogen (secondary N) is 1. The predicted molar refractivity (Wildman–Crippen MR) is 108 cm³/mol. The third-order valence-electron chi connectivity index (χ3n) is 5.35. The molecule has 1 unspecified atom stereocenters. The first kappa shape index (κ1) is 18.4. The highest BCUT2D eigenvalue weighted by Gasteiger charge is 2.35. The van der Waals surface area contributed by atoms with E-state index in [1.165, 1.54) is 18.5 Å². The summed E-state index contributed by atoms with van der Waals surface area (Å²) in [6.07, 6.45) is 2.66. The van der Waals surface area contributed by atoms with Crippen molar-refractivity contribution in [2.24, 2.45) is 5.92 Å². The Balaban J connectivity index is 1.42. The van der Waals surface area contributed by atoms with E-state index in [2.05, 4.69) is 32.3 Å². The van der Waals surface area contributed by atoms with Crippen LogP contribution in [-0.2, 0) is 9.59 Å². The van der Waals surface area contributed by atoms with Crippen LogP contribution in [-0.4, -0.2) is 41.4 Å². The first-order valence-corrected chi connectivity index (χ1v) is 9.78. The Kier molecular flexibility index (Phi) is 4.98. The van der Waals surface area contributed by atoms with E-state index < -0.39 is 5.92 Å². The molecule has 4 rings (SSSR count). The first-order chi connectivity index (χ1) is 13.5. The van der Waals surface area contributed by atoms with Gasteiger partial charge < -0.3 is 9.80 Å². The normalized spacial score (nSPS) is 19.4. The van der Waals surface area contributed by atoms with Gasteiger partial charge in [-0.2, -0.15) is 0 Å². The van der Waals surface area contributed by atoms with Crippen LogP contribution in [0.1, 0.15) is 30.7 Å². The van der Waals surface area contributed by atoms with Crippen LogP contribution in [0.15, 0.2) is 30.3 Å². The van der Waals surface area contributed by atoms with E-state index in [0.717, 1.165) is 30.2 Å². The molecule has 1 aromatic carbocycles. The summed E-state index contributed by atoms with van der Waals surface area (Å²) in [5, 5.41) is 2.76. The maximum absolute atomic E-state index is 12.6. The quantitative estimate of drug-likeness (QED) is 0.884. The predicted octanol–water partition coefficient (Wildman–Crippen LogP) is 2.69. The Bertz CT molecular complexity index is 870. The molecule has 7 heteroatoms. The number of aryl methyl sites for hydroxylation is 2. The van der Waals surface area contributed by atoms with Gasteiger partial charge in [0.1, 0.15) is 0 Å². The van der Waals surface area contributed by atoms with E-state index in [1.54, 1.807) is 4.90 Å². The SMILES string of the molecule is Cc1cc(C)nc(NC(=O)C2CC(=O)N(c3ccc(N4CCCC4)cc3)C2)n1. The lowest BCUT2D eigenvalue weighted by Crippen LogP contribution is -2.28. The maximum Gasteiger partial charge on any atom is 0.232 e. The van der Waals surface area contributed by atoms with Crippen molar-refractivity contribution in [2.75, 3.05) is 34.8 Å². The van der Waals surface area contributed by atoms with Crippen molar-refractivity contribution in [3.05, 3.63) is 41.7 Å². The Labute approximate surface area is 164 Å². The van der Waals surface area contributed by atoms with Crippen molar-refractivity contribution in [3.8, 4) is 0 Å². The number of carbonyl (C=O) groups excluding carboxylic acids is 2. The van der Waals surface area contributed by atoms with Gasteiger partial charge in [-0.25, -0.2) is 9.97 Å². The zero-order chi connectivity index (χ0) is 19.7. The van der Waals surface area contributed by atoms with Gasteiger partial charge in [0, 0.05) is 48.8 Å². The Morgan fingerprint density at radius 3 is 2.29 bits per heavy atom. The molecule has 146 valence electrons. The highest BCUT2D eigenvalue weighted by Crippen LogP contribution is 2.28. The molecule has 2 aliphatic heterocycles. The standard InChI is InChI=1S/C21H25N5O2/c1-14-11-15(2)23-21(22-14)24-20(28)16-12-19(27)26(13-16)18-7-5-17(6-8-18)25-9-3-4-10-25/h5-8,11,16H,3-4,9-10,12-13H2,1-2H3,(H,22,23,24,28). The summed E-state index contributed by atoms with van der Waals surface area (Å²) in [7, 11) is 0. The first-order valence-electron chi connectivity index (χ1n) is 9.78. The second kappa shape index (κ2) is 7.58. The molecule has 1 N–H and O–H groups in total. The van der Waals surface area contributed by atoms with Crippen LogP contribution in [0.2, 0.25) is 0 Å². The van der Waals surface area contributed by atoms with Gasteiger partial charge >= 0.3 is 0 Å². The van der Waals surface area contributed by atoms with E-state index in [9.17, 15) is 9.59 Å². The smallest absolute Gasteiger partial charge is 0.232 e. The van der Waals surface area contributed by atoms with Gasteiger partial charge in [-0.3, -0.25) is 14.9 Å². The molecular weight excluding hydrogens is 354 g/mol. The van der Waals surface area contributed by atoms with Crippen LogP contribution in [0.5, 0.6) is 0 Å². The lowest BCUT2D eigenvalue weighted by atomic mass is 10.1. The molecule has 2 aromatic rings. The van der Waals surface area contributed by atoms with E-state index >= 15 is 0 Å². The van der Waals surface area contributed by atoms with Gasteiger partial charge in [0.2, 0.25) is 17.8 Å². The van der Waals surface area contributed by atoms with Gasteiger partial charge in [-0.05, 0) is 57.0 Å². The van der Waals surface area contributed by atoms with Crippen molar-refractivity contribution in [1.29, 1.82) is 0 Å².